The highest BCUT2D eigenvalue weighted by Gasteiger charge is 2.30. The van der Waals surface area contributed by atoms with E-state index < -0.39 is 18.0 Å². The van der Waals surface area contributed by atoms with Crippen molar-refractivity contribution in [2.75, 3.05) is 0 Å². The lowest BCUT2D eigenvalue weighted by Crippen LogP contribution is -2.56. The van der Waals surface area contributed by atoms with Crippen molar-refractivity contribution >= 4 is 17.7 Å². The van der Waals surface area contributed by atoms with E-state index in [9.17, 15) is 14.4 Å². The Hall–Kier alpha value is -1.43. The Balaban J connectivity index is 2.51. The predicted octanol–water partition coefficient (Wildman–Crippen LogP) is -0.719. The SMILES string of the molecule is CC[C@H](C)[C@H](N)C(=O)NC1CCC(=O)NC1=O. The van der Waals surface area contributed by atoms with E-state index >= 15 is 0 Å². The molecule has 4 N–H and O–H groups in total. The zero-order valence-corrected chi connectivity index (χ0v) is 10.2. The molecule has 6 nitrogen and oxygen atoms in total. The third-order valence-electron chi connectivity index (χ3n) is 3.12. The maximum absolute atomic E-state index is 11.7. The fraction of sp³-hybridized carbons (Fsp3) is 0.727. The van der Waals surface area contributed by atoms with Crippen LogP contribution in [0.2, 0.25) is 0 Å². The Labute approximate surface area is 100 Å². The number of amides is 3. The lowest BCUT2D eigenvalue weighted by Gasteiger charge is -2.25. The zero-order valence-electron chi connectivity index (χ0n) is 10.2. The first kappa shape index (κ1) is 13.6. The van der Waals surface area contributed by atoms with Gasteiger partial charge in [-0.3, -0.25) is 19.7 Å². The second-order valence-corrected chi connectivity index (χ2v) is 4.42. The fourth-order valence-electron chi connectivity index (χ4n) is 1.61. The maximum atomic E-state index is 11.7. The minimum atomic E-state index is -0.643. The van der Waals surface area contributed by atoms with Gasteiger partial charge >= 0.3 is 0 Å². The summed E-state index contributed by atoms with van der Waals surface area (Å²) in [7, 11) is 0. The quantitative estimate of drug-likeness (QED) is 0.565. The van der Waals surface area contributed by atoms with Crippen LogP contribution in [0, 0.1) is 5.92 Å². The number of piperidine rings is 1. The summed E-state index contributed by atoms with van der Waals surface area (Å²) in [5.74, 6) is -1.03. The number of rotatable bonds is 4. The third-order valence-corrected chi connectivity index (χ3v) is 3.12. The second kappa shape index (κ2) is 5.77. The minimum Gasteiger partial charge on any atom is -0.343 e. The third kappa shape index (κ3) is 3.52. The Morgan fingerprint density at radius 2 is 2.24 bits per heavy atom. The molecule has 1 aliphatic heterocycles. The molecule has 0 aromatic rings. The van der Waals surface area contributed by atoms with E-state index in [0.717, 1.165) is 6.42 Å². The van der Waals surface area contributed by atoms with E-state index in [2.05, 4.69) is 10.6 Å². The van der Waals surface area contributed by atoms with E-state index in [4.69, 9.17) is 5.73 Å². The molecule has 1 unspecified atom stereocenters. The van der Waals surface area contributed by atoms with Crippen LogP contribution >= 0.6 is 0 Å². The Morgan fingerprint density at radius 1 is 1.59 bits per heavy atom. The van der Waals surface area contributed by atoms with Gasteiger partial charge in [-0.1, -0.05) is 20.3 Å². The fourth-order valence-corrected chi connectivity index (χ4v) is 1.61. The van der Waals surface area contributed by atoms with Crippen molar-refractivity contribution < 1.29 is 14.4 Å². The monoisotopic (exact) mass is 241 g/mol. The Bertz CT molecular complexity index is 330. The molecule has 0 aromatic heterocycles. The van der Waals surface area contributed by atoms with Gasteiger partial charge in [0.1, 0.15) is 6.04 Å². The molecule has 3 atom stereocenters. The van der Waals surface area contributed by atoms with Gasteiger partial charge in [0.05, 0.1) is 6.04 Å². The Morgan fingerprint density at radius 3 is 2.76 bits per heavy atom. The number of imide groups is 1. The summed E-state index contributed by atoms with van der Waals surface area (Å²) in [6, 6.07) is -1.26. The van der Waals surface area contributed by atoms with Gasteiger partial charge in [0.15, 0.2) is 0 Å². The summed E-state index contributed by atoms with van der Waals surface area (Å²) >= 11 is 0. The van der Waals surface area contributed by atoms with E-state index in [0.29, 0.717) is 6.42 Å². The van der Waals surface area contributed by atoms with Crippen LogP contribution in [0.4, 0.5) is 0 Å². The number of nitrogens with one attached hydrogen (secondary N) is 2. The summed E-state index contributed by atoms with van der Waals surface area (Å²) < 4.78 is 0. The molecule has 1 rings (SSSR count). The predicted molar refractivity (Wildman–Crippen MR) is 61.7 cm³/mol. The van der Waals surface area contributed by atoms with Gasteiger partial charge in [0, 0.05) is 6.42 Å². The normalized spacial score (nSPS) is 23.8. The number of carbonyl (C=O) groups excluding carboxylic acids is 3. The van der Waals surface area contributed by atoms with Crippen molar-refractivity contribution in [3.05, 3.63) is 0 Å². The van der Waals surface area contributed by atoms with Crippen LogP contribution in [-0.2, 0) is 14.4 Å². The maximum Gasteiger partial charge on any atom is 0.249 e. The Kier molecular flexibility index (Phi) is 4.62. The smallest absolute Gasteiger partial charge is 0.249 e. The molecule has 1 fully saturated rings. The molecular weight excluding hydrogens is 222 g/mol. The van der Waals surface area contributed by atoms with Crippen LogP contribution in [0.25, 0.3) is 0 Å². The van der Waals surface area contributed by atoms with E-state index in [-0.39, 0.29) is 24.2 Å². The van der Waals surface area contributed by atoms with Crippen molar-refractivity contribution in [1.82, 2.24) is 10.6 Å². The zero-order chi connectivity index (χ0) is 13.0. The summed E-state index contributed by atoms with van der Waals surface area (Å²) in [6.07, 6.45) is 1.38. The molecular formula is C11H19N3O3. The number of hydrogen-bond acceptors (Lipinski definition) is 4. The van der Waals surface area contributed by atoms with Crippen molar-refractivity contribution in [3.63, 3.8) is 0 Å². The summed E-state index contributed by atoms with van der Waals surface area (Å²) in [6.45, 7) is 3.83. The number of carbonyl (C=O) groups is 3. The van der Waals surface area contributed by atoms with Crippen molar-refractivity contribution in [1.29, 1.82) is 0 Å². The molecule has 6 heteroatoms. The first-order chi connectivity index (χ1) is 7.95. The van der Waals surface area contributed by atoms with Crippen LogP contribution in [0.3, 0.4) is 0 Å². The average molecular weight is 241 g/mol. The number of hydrogen-bond donors (Lipinski definition) is 3. The van der Waals surface area contributed by atoms with Gasteiger partial charge in [-0.05, 0) is 12.3 Å². The van der Waals surface area contributed by atoms with Crippen LogP contribution in [0.5, 0.6) is 0 Å². The molecule has 0 bridgehead atoms. The molecule has 0 spiro atoms. The first-order valence-electron chi connectivity index (χ1n) is 5.85. The standard InChI is InChI=1S/C11H19N3O3/c1-3-6(2)9(12)11(17)13-7-4-5-8(15)14-10(7)16/h6-7,9H,3-5,12H2,1-2H3,(H,13,17)(H,14,15,16)/t6-,7?,9-/m0/s1. The van der Waals surface area contributed by atoms with Gasteiger partial charge in [-0.15, -0.1) is 0 Å². The van der Waals surface area contributed by atoms with E-state index in [1.54, 1.807) is 0 Å². The van der Waals surface area contributed by atoms with E-state index in [1.807, 2.05) is 13.8 Å². The summed E-state index contributed by atoms with van der Waals surface area (Å²) in [5.41, 5.74) is 5.75. The highest BCUT2D eigenvalue weighted by Crippen LogP contribution is 2.08. The molecule has 1 heterocycles. The molecule has 0 radical (unpaired) electrons. The highest BCUT2D eigenvalue weighted by atomic mass is 16.2. The van der Waals surface area contributed by atoms with Crippen LogP contribution in [-0.4, -0.2) is 29.8 Å². The minimum absolute atomic E-state index is 0.0586. The largest absolute Gasteiger partial charge is 0.343 e. The van der Waals surface area contributed by atoms with Gasteiger partial charge in [0.25, 0.3) is 0 Å². The average Bonchev–Trinajstić information content (AvgIpc) is 2.30. The molecule has 0 saturated carbocycles. The van der Waals surface area contributed by atoms with E-state index in [1.165, 1.54) is 0 Å². The van der Waals surface area contributed by atoms with Gasteiger partial charge < -0.3 is 11.1 Å². The first-order valence-corrected chi connectivity index (χ1v) is 5.85. The lowest BCUT2D eigenvalue weighted by atomic mass is 9.98. The molecule has 96 valence electrons. The molecule has 3 amide bonds. The number of nitrogens with two attached hydrogens (primary N) is 1. The summed E-state index contributed by atoms with van der Waals surface area (Å²) in [4.78, 5) is 34.1. The van der Waals surface area contributed by atoms with Crippen molar-refractivity contribution in [2.45, 2.75) is 45.2 Å². The van der Waals surface area contributed by atoms with Gasteiger partial charge in [0.2, 0.25) is 17.7 Å². The van der Waals surface area contributed by atoms with Crippen LogP contribution in [0.1, 0.15) is 33.1 Å². The van der Waals surface area contributed by atoms with Crippen molar-refractivity contribution in [2.24, 2.45) is 11.7 Å². The van der Waals surface area contributed by atoms with Gasteiger partial charge in [-0.25, -0.2) is 0 Å². The molecule has 1 saturated heterocycles. The van der Waals surface area contributed by atoms with Crippen LogP contribution < -0.4 is 16.4 Å². The second-order valence-electron chi connectivity index (χ2n) is 4.42. The molecule has 0 aromatic carbocycles. The van der Waals surface area contributed by atoms with Crippen LogP contribution in [0.15, 0.2) is 0 Å². The van der Waals surface area contributed by atoms with Gasteiger partial charge in [-0.2, -0.15) is 0 Å². The molecule has 1 aliphatic rings. The topological polar surface area (TPSA) is 101 Å². The van der Waals surface area contributed by atoms with Crippen molar-refractivity contribution in [3.8, 4) is 0 Å². The molecule has 17 heavy (non-hydrogen) atoms. The summed E-state index contributed by atoms with van der Waals surface area (Å²) in [5, 5.41) is 4.76. The molecule has 0 aliphatic carbocycles. The highest BCUT2D eigenvalue weighted by molar-refractivity contribution is 6.02. The lowest BCUT2D eigenvalue weighted by molar-refractivity contribution is -0.137.